The molecule has 0 bridgehead atoms. The maximum absolute atomic E-state index is 12.2. The molecule has 7 aromatic heterocycles. The van der Waals surface area contributed by atoms with E-state index in [4.69, 9.17) is 0 Å². The van der Waals surface area contributed by atoms with Crippen LogP contribution in [0.5, 0.6) is 5.75 Å². The molecule has 768 valence electrons. The Morgan fingerprint density at radius 1 is 0.333 bits per heavy atom. The van der Waals surface area contributed by atoms with Crippen LogP contribution in [-0.2, 0) is 110 Å². The first kappa shape index (κ1) is 103. The minimum atomic E-state index is -3.23. The number of sulfone groups is 6. The number of nitrogens with one attached hydrogen (secondary N) is 5. The Kier molecular flexibility index (Phi) is 29.7. The molecule has 11 aromatic carbocycles. The molecular weight excluding hydrogens is 2030 g/mol. The molecule has 0 fully saturated rings. The van der Waals surface area contributed by atoms with Crippen LogP contribution in [0.4, 0.5) is 52.0 Å². The third kappa shape index (κ3) is 21.7. The standard InChI is InChI=1S/C18H18N4O2S.5C18H17N3O3S/c1-22(10-6-13-4-8-19-9-5-13)18-17-14-7-11-25(23,24)16(14)3-2-15(17)20-12-21-18;1-11(22)12-2-4-13(5-3-12)21-18-17-14-8-9-25(23,24)16(14)7-6-15(17)19-10-20-18;1-11(12-2-4-13(22)5-3-12)21-18-17-14-8-9-25(23,24)16(14)7-6-15(17)19-10-20-18;1-11(22)12-3-2-4-13(9-12)21-18-17-14-7-8-25(23,24)16(14)6-5-15(17)19-10-20-18;22-9-7-12-3-1-2-4-14(12)21-18-17-13-8-10-25(23,24)16(13)6-5-15(17)19-11-20-18;22-10-15(12-4-2-1-3-5-12)21-18-17-13-8-9-25(23,24)16(13)7-6-14(17)19-11-20-18/h2-5,8-9,12H,6-7,10-11H2,1H3;2*2-7,10-11,22H,8-9H2,1H3,(H,19,20,21);2-6,9-11,22H,7-8H2,1H3,(H,19,20,21);1-6,11,22H,7-10H2,(H,19,20,21);1-7,11,15,22H,8-10H2,(H,19,20,21). The Labute approximate surface area is 864 Å². The summed E-state index contributed by atoms with van der Waals surface area (Å²) in [6.45, 7) is 6.12. The fraction of sp³-hybridized carbons (Fsp3) is 0.231. The highest BCUT2D eigenvalue weighted by Gasteiger charge is 2.37. The smallest absolute Gasteiger partial charge is 0.179 e. The molecule has 42 heteroatoms. The number of benzene rings is 11. The number of aromatic nitrogens is 13. The van der Waals surface area contributed by atoms with Gasteiger partial charge in [0.1, 0.15) is 78.6 Å². The van der Waals surface area contributed by atoms with Gasteiger partial charge in [-0.1, -0.05) is 84.9 Å². The van der Waals surface area contributed by atoms with E-state index < -0.39 is 71.2 Å². The van der Waals surface area contributed by atoms with Crippen molar-refractivity contribution in [2.45, 2.75) is 126 Å². The van der Waals surface area contributed by atoms with Crippen LogP contribution >= 0.6 is 0 Å². The Hall–Kier alpha value is -15.3. The molecule has 13 heterocycles. The van der Waals surface area contributed by atoms with E-state index in [0.717, 1.165) is 140 Å². The first-order valence-corrected chi connectivity index (χ1v) is 58.1. The third-order valence-electron chi connectivity index (χ3n) is 27.2. The van der Waals surface area contributed by atoms with Gasteiger partial charge >= 0.3 is 0 Å². The van der Waals surface area contributed by atoms with E-state index in [1.54, 1.807) is 111 Å². The monoisotopic (exact) mass is 2130 g/mol. The number of rotatable bonds is 21. The van der Waals surface area contributed by atoms with E-state index in [0.29, 0.717) is 125 Å². The number of fused-ring (bicyclic) bond motifs is 18. The Morgan fingerprint density at radius 2 is 0.693 bits per heavy atom. The molecule has 150 heavy (non-hydrogen) atoms. The molecular formula is C108H103N19O17S6. The summed E-state index contributed by atoms with van der Waals surface area (Å²) in [6, 6.07) is 62.8. The second-order valence-corrected chi connectivity index (χ2v) is 49.2. The van der Waals surface area contributed by atoms with Gasteiger partial charge in [0.15, 0.2) is 59.0 Å². The predicted octanol–water partition coefficient (Wildman–Crippen LogP) is 14.7. The van der Waals surface area contributed by atoms with E-state index in [1.807, 2.05) is 141 Å². The minimum Gasteiger partial charge on any atom is -0.508 e. The van der Waals surface area contributed by atoms with Gasteiger partial charge in [-0.25, -0.2) is 110 Å². The lowest BCUT2D eigenvalue weighted by Crippen LogP contribution is -2.22. The molecule has 4 atom stereocenters. The largest absolute Gasteiger partial charge is 0.508 e. The van der Waals surface area contributed by atoms with Crippen molar-refractivity contribution < 1.29 is 76.0 Å². The number of phenolic OH excluding ortho intramolecular Hbond substituents is 1. The third-order valence-corrected chi connectivity index (χ3v) is 37.9. The lowest BCUT2D eigenvalue weighted by atomic mass is 10.0. The average Bonchev–Trinajstić information content (AvgIpc) is 1.60. The topological polar surface area (TPSA) is 537 Å². The van der Waals surface area contributed by atoms with Crippen LogP contribution in [0, 0.1) is 0 Å². The van der Waals surface area contributed by atoms with Gasteiger partial charge in [0.25, 0.3) is 0 Å². The number of phenols is 1. The molecule has 6 aliphatic rings. The van der Waals surface area contributed by atoms with E-state index in [2.05, 4.69) is 96.3 Å². The molecule has 10 N–H and O–H groups in total. The zero-order chi connectivity index (χ0) is 105. The van der Waals surface area contributed by atoms with Crippen molar-refractivity contribution in [1.29, 1.82) is 0 Å². The minimum absolute atomic E-state index is 0.0524. The van der Waals surface area contributed by atoms with Crippen LogP contribution in [0.2, 0.25) is 0 Å². The molecule has 36 nitrogen and oxygen atoms in total. The highest BCUT2D eigenvalue weighted by atomic mass is 32.2. The lowest BCUT2D eigenvalue weighted by molar-refractivity contribution is 0.199. The number of aryl methyl sites for hydroxylation is 6. The van der Waals surface area contributed by atoms with Gasteiger partial charge in [0.05, 0.1) is 122 Å². The summed E-state index contributed by atoms with van der Waals surface area (Å²) >= 11 is 0. The van der Waals surface area contributed by atoms with Crippen molar-refractivity contribution in [3.63, 3.8) is 0 Å². The van der Waals surface area contributed by atoms with Gasteiger partial charge in [0, 0.05) is 88.0 Å². The summed E-state index contributed by atoms with van der Waals surface area (Å²) in [5.41, 5.74) is 17.2. The summed E-state index contributed by atoms with van der Waals surface area (Å²) in [4.78, 5) is 60.2. The molecule has 24 rings (SSSR count). The van der Waals surface area contributed by atoms with Gasteiger partial charge in [-0.3, -0.25) is 4.98 Å². The maximum Gasteiger partial charge on any atom is 0.179 e. The first-order valence-electron chi connectivity index (χ1n) is 48.2. The van der Waals surface area contributed by atoms with Crippen LogP contribution in [0.1, 0.15) is 112 Å². The average molecular weight is 2130 g/mol. The van der Waals surface area contributed by atoms with Crippen molar-refractivity contribution in [3.05, 3.63) is 329 Å². The van der Waals surface area contributed by atoms with Gasteiger partial charge in [0.2, 0.25) is 0 Å². The molecule has 4 unspecified atom stereocenters. The number of aromatic hydroxyl groups is 1. The Balaban J connectivity index is 0.000000113. The predicted molar refractivity (Wildman–Crippen MR) is 574 cm³/mol. The van der Waals surface area contributed by atoms with Crippen LogP contribution < -0.4 is 31.5 Å². The fourth-order valence-corrected chi connectivity index (χ4v) is 28.8. The number of aliphatic hydroxyl groups excluding tert-OH is 4. The Bertz CT molecular complexity index is 9020. The zero-order valence-corrected chi connectivity index (χ0v) is 86.4. The van der Waals surface area contributed by atoms with Gasteiger partial charge in [-0.15, -0.1) is 0 Å². The van der Waals surface area contributed by atoms with E-state index in [1.165, 1.54) is 43.5 Å². The molecule has 0 saturated carbocycles. The van der Waals surface area contributed by atoms with Crippen LogP contribution in [0.3, 0.4) is 0 Å². The Morgan fingerprint density at radius 3 is 1.11 bits per heavy atom. The molecule has 0 radical (unpaired) electrons. The van der Waals surface area contributed by atoms with Crippen LogP contribution in [0.15, 0.2) is 292 Å². The van der Waals surface area contributed by atoms with Crippen LogP contribution in [-0.4, -0.2) is 202 Å². The SMILES string of the molecule is CC(Nc1ncnc2ccc3c(c12)CCS3(=O)=O)c1ccc(O)cc1.CC(O)c1ccc(Nc2ncnc3ccc4c(c23)CCS4(=O)=O)cc1.CC(O)c1cccc(Nc2ncnc3ccc4c(c23)CCS4(=O)=O)c1.CN(CCc1ccncc1)c1ncnc2ccc3c(c12)CCS3(=O)=O.O=S1(=O)CCc2c1ccc1ncnc(NC(CO)c3ccccc3)c21.O=S1(=O)CCc2c1ccc1ncnc(Nc3ccccc3CCO)c21. The number of pyridine rings is 1. The number of para-hydroxylation sites is 1. The second kappa shape index (κ2) is 43.1. The number of hydrogen-bond acceptors (Lipinski definition) is 36. The van der Waals surface area contributed by atoms with Crippen LogP contribution in [0.25, 0.3) is 65.4 Å². The van der Waals surface area contributed by atoms with Crippen molar-refractivity contribution in [3.8, 4) is 5.75 Å². The van der Waals surface area contributed by atoms with E-state index in [9.17, 15) is 76.0 Å². The number of likely N-dealkylation sites (N-methyl/N-ethyl adjacent to an activating group) is 1. The van der Waals surface area contributed by atoms with Crippen molar-refractivity contribution in [2.75, 3.05) is 92.8 Å². The number of anilines is 9. The summed E-state index contributed by atoms with van der Waals surface area (Å²) in [5.74, 6) is 4.68. The number of hydrogen-bond donors (Lipinski definition) is 10. The zero-order valence-electron chi connectivity index (χ0n) is 81.5. The van der Waals surface area contributed by atoms with Gasteiger partial charge in [-0.2, -0.15) is 0 Å². The van der Waals surface area contributed by atoms with Gasteiger partial charge in [-0.05, 0) is 266 Å². The van der Waals surface area contributed by atoms with Crippen molar-refractivity contribution in [1.82, 2.24) is 64.8 Å². The summed E-state index contributed by atoms with van der Waals surface area (Å²) < 4.78 is 146. The highest BCUT2D eigenvalue weighted by molar-refractivity contribution is 7.93. The first-order chi connectivity index (χ1) is 72.1. The highest BCUT2D eigenvalue weighted by Crippen LogP contribution is 2.44. The maximum atomic E-state index is 12.2. The summed E-state index contributed by atoms with van der Waals surface area (Å²) in [6.07, 6.45) is 15.6. The molecule has 6 aliphatic heterocycles. The molecule has 0 saturated heterocycles. The van der Waals surface area contributed by atoms with Crippen molar-refractivity contribution >= 4 is 176 Å². The van der Waals surface area contributed by atoms with E-state index >= 15 is 0 Å². The van der Waals surface area contributed by atoms with Crippen molar-refractivity contribution in [2.24, 2.45) is 0 Å². The molecule has 0 spiro atoms. The van der Waals surface area contributed by atoms with E-state index in [-0.39, 0.29) is 65.6 Å². The molecule has 0 amide bonds. The second-order valence-electron chi connectivity index (χ2n) is 36.7. The summed E-state index contributed by atoms with van der Waals surface area (Å²) in [5, 5.41) is 68.8. The molecule has 18 aromatic rings. The van der Waals surface area contributed by atoms with Gasteiger partial charge < -0.3 is 57.0 Å². The normalized spacial score (nSPS) is 16.1. The fourth-order valence-electron chi connectivity index (χ4n) is 19.5. The summed E-state index contributed by atoms with van der Waals surface area (Å²) in [7, 11) is -17.3. The quantitative estimate of drug-likeness (QED) is 0.0319. The lowest BCUT2D eigenvalue weighted by Gasteiger charge is -2.20. The molecule has 0 aliphatic carbocycles. The number of aliphatic hydroxyl groups is 4. The number of nitrogens with zero attached hydrogens (tertiary/aromatic N) is 14.